The van der Waals surface area contributed by atoms with Crippen LogP contribution in [0.3, 0.4) is 0 Å². The first-order chi connectivity index (χ1) is 13.5. The summed E-state index contributed by atoms with van der Waals surface area (Å²) in [4.78, 5) is 5.08. The van der Waals surface area contributed by atoms with Gasteiger partial charge in [0.1, 0.15) is 0 Å². The predicted molar refractivity (Wildman–Crippen MR) is 111 cm³/mol. The van der Waals surface area contributed by atoms with E-state index in [1.807, 2.05) is 31.2 Å². The van der Waals surface area contributed by atoms with Crippen LogP contribution in [0.2, 0.25) is 0 Å². The lowest BCUT2D eigenvalue weighted by molar-refractivity contribution is 0.472. The van der Waals surface area contributed by atoms with Crippen LogP contribution in [-0.4, -0.2) is 30.8 Å². The van der Waals surface area contributed by atoms with Crippen molar-refractivity contribution in [2.45, 2.75) is 30.6 Å². The van der Waals surface area contributed by atoms with Gasteiger partial charge in [-0.05, 0) is 55.2 Å². The highest BCUT2D eigenvalue weighted by Gasteiger charge is 2.33. The summed E-state index contributed by atoms with van der Waals surface area (Å²) in [6, 6.07) is 23.3. The first kappa shape index (κ1) is 18.8. The van der Waals surface area contributed by atoms with Crippen LogP contribution in [0.4, 0.5) is 0 Å². The first-order valence-corrected chi connectivity index (χ1v) is 11.0. The molecule has 1 fully saturated rings. The molecule has 0 amide bonds. The molecule has 2 aromatic carbocycles. The second kappa shape index (κ2) is 7.86. The van der Waals surface area contributed by atoms with E-state index in [9.17, 15) is 8.42 Å². The lowest BCUT2D eigenvalue weighted by Crippen LogP contribution is -2.28. The van der Waals surface area contributed by atoms with E-state index >= 15 is 0 Å². The molecule has 1 unspecified atom stereocenters. The maximum atomic E-state index is 12.9. The second-order valence-electron chi connectivity index (χ2n) is 7.37. The minimum Gasteiger partial charge on any atom is -0.258 e. The van der Waals surface area contributed by atoms with E-state index in [4.69, 9.17) is 4.98 Å². The van der Waals surface area contributed by atoms with Crippen LogP contribution in [-0.2, 0) is 16.4 Å². The summed E-state index contributed by atoms with van der Waals surface area (Å²) < 4.78 is 27.4. The Morgan fingerprint density at radius 1 is 0.964 bits per heavy atom. The highest BCUT2D eigenvalue weighted by molar-refractivity contribution is 7.89. The molecule has 144 valence electrons. The molecule has 2 heterocycles. The largest absolute Gasteiger partial charge is 0.258 e. The molecule has 4 nitrogen and oxygen atoms in total. The van der Waals surface area contributed by atoms with E-state index in [2.05, 4.69) is 24.3 Å². The zero-order valence-electron chi connectivity index (χ0n) is 16.0. The molecule has 0 radical (unpaired) electrons. The standard InChI is InChI=1S/C23H24N2O2S/c1-18-14-20(15-19-8-4-2-5-9-19)16-23(24-18)21-12-13-25(17-21)28(26,27)22-10-6-3-7-11-22/h2-11,14,16,21H,12-13,15,17H2,1H3. The number of rotatable bonds is 5. The fourth-order valence-electron chi connectivity index (χ4n) is 3.84. The number of benzene rings is 2. The van der Waals surface area contributed by atoms with E-state index in [-0.39, 0.29) is 5.92 Å². The van der Waals surface area contributed by atoms with Crippen molar-refractivity contribution in [3.05, 3.63) is 95.3 Å². The molecule has 0 saturated carbocycles. The molecule has 0 aliphatic carbocycles. The number of nitrogens with zero attached hydrogens (tertiary/aromatic N) is 2. The highest BCUT2D eigenvalue weighted by atomic mass is 32.2. The molecular weight excluding hydrogens is 368 g/mol. The molecule has 1 aliphatic heterocycles. The van der Waals surface area contributed by atoms with Gasteiger partial charge in [-0.3, -0.25) is 4.98 Å². The molecule has 0 N–H and O–H groups in total. The van der Waals surface area contributed by atoms with Crippen molar-refractivity contribution < 1.29 is 8.42 Å². The van der Waals surface area contributed by atoms with Crippen molar-refractivity contribution in [1.82, 2.24) is 9.29 Å². The van der Waals surface area contributed by atoms with Gasteiger partial charge < -0.3 is 0 Å². The van der Waals surface area contributed by atoms with Crippen molar-refractivity contribution in [2.75, 3.05) is 13.1 Å². The van der Waals surface area contributed by atoms with Crippen molar-refractivity contribution in [3.8, 4) is 0 Å². The van der Waals surface area contributed by atoms with Crippen molar-refractivity contribution in [3.63, 3.8) is 0 Å². The summed E-state index contributed by atoms with van der Waals surface area (Å²) in [6.07, 6.45) is 1.66. The quantitative estimate of drug-likeness (QED) is 0.655. The van der Waals surface area contributed by atoms with Crippen LogP contribution >= 0.6 is 0 Å². The zero-order valence-corrected chi connectivity index (χ0v) is 16.8. The van der Waals surface area contributed by atoms with Crippen LogP contribution < -0.4 is 0 Å². The van der Waals surface area contributed by atoms with Crippen LogP contribution in [0.5, 0.6) is 0 Å². The first-order valence-electron chi connectivity index (χ1n) is 9.59. The fraction of sp³-hybridized carbons (Fsp3) is 0.261. The number of aryl methyl sites for hydroxylation is 1. The predicted octanol–water partition coefficient (Wildman–Crippen LogP) is 4.16. The van der Waals surface area contributed by atoms with E-state index in [0.717, 1.165) is 24.2 Å². The molecule has 1 saturated heterocycles. The Labute approximate surface area is 166 Å². The smallest absolute Gasteiger partial charge is 0.243 e. The highest BCUT2D eigenvalue weighted by Crippen LogP contribution is 2.31. The third-order valence-electron chi connectivity index (χ3n) is 5.23. The minimum atomic E-state index is -3.44. The summed E-state index contributed by atoms with van der Waals surface area (Å²) >= 11 is 0. The van der Waals surface area contributed by atoms with Crippen LogP contribution in [0.15, 0.2) is 77.7 Å². The Bertz CT molecular complexity index is 1050. The monoisotopic (exact) mass is 392 g/mol. The number of hydrogen-bond donors (Lipinski definition) is 0. The Hall–Kier alpha value is -2.50. The van der Waals surface area contributed by atoms with Gasteiger partial charge in [0.2, 0.25) is 10.0 Å². The van der Waals surface area contributed by atoms with E-state index in [1.54, 1.807) is 28.6 Å². The van der Waals surface area contributed by atoms with E-state index in [0.29, 0.717) is 18.0 Å². The van der Waals surface area contributed by atoms with Gasteiger partial charge in [-0.1, -0.05) is 48.5 Å². The lowest BCUT2D eigenvalue weighted by Gasteiger charge is -2.17. The van der Waals surface area contributed by atoms with Crippen LogP contribution in [0.25, 0.3) is 0 Å². The van der Waals surface area contributed by atoms with Gasteiger partial charge in [0, 0.05) is 30.4 Å². The Balaban J connectivity index is 1.54. The summed E-state index contributed by atoms with van der Waals surface area (Å²) in [5, 5.41) is 0. The van der Waals surface area contributed by atoms with Crippen molar-refractivity contribution in [2.24, 2.45) is 0 Å². The fourth-order valence-corrected chi connectivity index (χ4v) is 5.36. The molecule has 3 aromatic rings. The normalized spacial score (nSPS) is 17.7. The summed E-state index contributed by atoms with van der Waals surface area (Å²) in [5.41, 5.74) is 4.46. The van der Waals surface area contributed by atoms with Gasteiger partial charge in [0.25, 0.3) is 0 Å². The van der Waals surface area contributed by atoms with Gasteiger partial charge in [0.15, 0.2) is 0 Å². The van der Waals surface area contributed by atoms with E-state index in [1.165, 1.54) is 11.1 Å². The molecule has 0 bridgehead atoms. The van der Waals surface area contributed by atoms with Crippen LogP contribution in [0, 0.1) is 6.92 Å². The maximum absolute atomic E-state index is 12.9. The summed E-state index contributed by atoms with van der Waals surface area (Å²) in [7, 11) is -3.44. The maximum Gasteiger partial charge on any atom is 0.243 e. The average molecular weight is 393 g/mol. The number of aromatic nitrogens is 1. The molecule has 4 rings (SSSR count). The molecular formula is C23H24N2O2S. The number of sulfonamides is 1. The van der Waals surface area contributed by atoms with Gasteiger partial charge in [-0.2, -0.15) is 4.31 Å². The number of pyridine rings is 1. The van der Waals surface area contributed by atoms with E-state index < -0.39 is 10.0 Å². The van der Waals surface area contributed by atoms with Crippen molar-refractivity contribution in [1.29, 1.82) is 0 Å². The Morgan fingerprint density at radius 3 is 2.36 bits per heavy atom. The average Bonchev–Trinajstić information content (AvgIpc) is 3.20. The van der Waals surface area contributed by atoms with Gasteiger partial charge in [-0.15, -0.1) is 0 Å². The van der Waals surface area contributed by atoms with Gasteiger partial charge >= 0.3 is 0 Å². The lowest BCUT2D eigenvalue weighted by atomic mass is 9.99. The molecule has 5 heteroatoms. The van der Waals surface area contributed by atoms with Gasteiger partial charge in [-0.25, -0.2) is 8.42 Å². The molecule has 1 aromatic heterocycles. The third-order valence-corrected chi connectivity index (χ3v) is 7.11. The topological polar surface area (TPSA) is 50.3 Å². The molecule has 0 spiro atoms. The number of hydrogen-bond acceptors (Lipinski definition) is 3. The molecule has 1 atom stereocenters. The Kier molecular flexibility index (Phi) is 5.29. The summed E-state index contributed by atoms with van der Waals surface area (Å²) in [6.45, 7) is 3.02. The minimum absolute atomic E-state index is 0.132. The SMILES string of the molecule is Cc1cc(Cc2ccccc2)cc(C2CCN(S(=O)(=O)c3ccccc3)C2)n1. The van der Waals surface area contributed by atoms with Crippen molar-refractivity contribution >= 4 is 10.0 Å². The third kappa shape index (κ3) is 4.01. The summed E-state index contributed by atoms with van der Waals surface area (Å²) in [5.74, 6) is 0.132. The molecule has 28 heavy (non-hydrogen) atoms. The van der Waals surface area contributed by atoms with Crippen LogP contribution in [0.1, 0.15) is 34.9 Å². The van der Waals surface area contributed by atoms with Gasteiger partial charge in [0.05, 0.1) is 4.90 Å². The molecule has 1 aliphatic rings. The second-order valence-corrected chi connectivity index (χ2v) is 9.30. The Morgan fingerprint density at radius 2 is 1.64 bits per heavy atom. The zero-order chi connectivity index (χ0) is 19.6.